The van der Waals surface area contributed by atoms with Crippen LogP contribution in [0.3, 0.4) is 0 Å². The van der Waals surface area contributed by atoms with E-state index in [0.717, 1.165) is 0 Å². The standard InChI is InChI=1S/C3H7NO4S/c1-2(4)3(5)8-9(6)7/h2,9H,4H2,1H3/t2-/m0/s1. The Morgan fingerprint density at radius 1 is 1.67 bits per heavy atom. The molecule has 0 aliphatic carbocycles. The fourth-order valence-corrected chi connectivity index (χ4v) is 0.470. The van der Waals surface area contributed by atoms with Crippen molar-refractivity contribution in [2.45, 2.75) is 13.0 Å². The van der Waals surface area contributed by atoms with Crippen LogP contribution in [0.5, 0.6) is 0 Å². The van der Waals surface area contributed by atoms with Gasteiger partial charge in [-0.15, -0.1) is 0 Å². The van der Waals surface area contributed by atoms with Crippen molar-refractivity contribution in [1.29, 1.82) is 0 Å². The van der Waals surface area contributed by atoms with Gasteiger partial charge in [-0.25, -0.2) is 4.79 Å². The van der Waals surface area contributed by atoms with Gasteiger partial charge in [0, 0.05) is 0 Å². The first kappa shape index (κ1) is 8.38. The predicted octanol–water partition coefficient (Wildman–Crippen LogP) is -1.60. The number of nitrogens with two attached hydrogens (primary N) is 1. The number of carbonyl (C=O) groups is 1. The van der Waals surface area contributed by atoms with E-state index in [-0.39, 0.29) is 0 Å². The quantitative estimate of drug-likeness (QED) is 0.467. The van der Waals surface area contributed by atoms with Crippen LogP contribution in [0.4, 0.5) is 0 Å². The highest BCUT2D eigenvalue weighted by Crippen LogP contribution is 1.81. The number of thiol groups is 1. The fraction of sp³-hybridized carbons (Fsp3) is 0.667. The summed E-state index contributed by atoms with van der Waals surface area (Å²) in [6.45, 7) is 1.33. The molecule has 2 N–H and O–H groups in total. The van der Waals surface area contributed by atoms with Gasteiger partial charge in [0.05, 0.1) is 0 Å². The van der Waals surface area contributed by atoms with Crippen molar-refractivity contribution < 1.29 is 17.4 Å². The average molecular weight is 153 g/mol. The molecule has 6 heteroatoms. The maximum absolute atomic E-state index is 10.2. The second kappa shape index (κ2) is 3.41. The van der Waals surface area contributed by atoms with Gasteiger partial charge in [0.1, 0.15) is 6.04 Å². The Labute approximate surface area is 54.0 Å². The van der Waals surface area contributed by atoms with E-state index >= 15 is 0 Å². The maximum atomic E-state index is 10.2. The molecule has 5 nitrogen and oxygen atoms in total. The second-order valence-electron chi connectivity index (χ2n) is 1.42. The average Bonchev–Trinajstić information content (AvgIpc) is 1.63. The number of rotatable bonds is 2. The molecule has 0 radical (unpaired) electrons. The lowest BCUT2D eigenvalue weighted by Gasteiger charge is -1.97. The molecule has 1 atom stereocenters. The smallest absolute Gasteiger partial charge is 0.338 e. The highest BCUT2D eigenvalue weighted by Gasteiger charge is 2.08. The monoisotopic (exact) mass is 153 g/mol. The first-order valence-electron chi connectivity index (χ1n) is 2.16. The van der Waals surface area contributed by atoms with Gasteiger partial charge >= 0.3 is 17.0 Å². The Kier molecular flexibility index (Phi) is 3.18. The Morgan fingerprint density at radius 2 is 2.11 bits per heavy atom. The third-order valence-corrected chi connectivity index (χ3v) is 0.865. The Bertz CT molecular complexity index is 165. The third-order valence-electron chi connectivity index (χ3n) is 0.536. The first-order chi connectivity index (χ1) is 4.04. The third kappa shape index (κ3) is 3.92. The topological polar surface area (TPSA) is 86.5 Å². The van der Waals surface area contributed by atoms with E-state index < -0.39 is 23.0 Å². The van der Waals surface area contributed by atoms with Gasteiger partial charge in [0.2, 0.25) is 0 Å². The van der Waals surface area contributed by atoms with E-state index in [1.54, 1.807) is 0 Å². The fourth-order valence-electron chi connectivity index (χ4n) is 0.157. The van der Waals surface area contributed by atoms with E-state index in [2.05, 4.69) is 4.18 Å². The van der Waals surface area contributed by atoms with Crippen LogP contribution in [-0.4, -0.2) is 20.4 Å². The van der Waals surface area contributed by atoms with Gasteiger partial charge < -0.3 is 9.92 Å². The van der Waals surface area contributed by atoms with Crippen LogP contribution in [0.1, 0.15) is 6.92 Å². The lowest BCUT2D eigenvalue weighted by Crippen LogP contribution is -2.28. The molecular formula is C3H7NO4S. The molecule has 0 bridgehead atoms. The van der Waals surface area contributed by atoms with Gasteiger partial charge in [-0.05, 0) is 6.92 Å². The lowest BCUT2D eigenvalue weighted by atomic mass is 10.4. The van der Waals surface area contributed by atoms with E-state index in [1.165, 1.54) is 6.92 Å². The molecule has 0 aromatic rings. The summed E-state index contributed by atoms with van der Waals surface area (Å²) in [6, 6.07) is -0.891. The second-order valence-corrected chi connectivity index (χ2v) is 2.05. The van der Waals surface area contributed by atoms with Crippen molar-refractivity contribution in [3.8, 4) is 0 Å². The molecule has 0 aromatic carbocycles. The first-order valence-corrected chi connectivity index (χ1v) is 3.25. The Balaban J connectivity index is 3.79. The summed E-state index contributed by atoms with van der Waals surface area (Å²) < 4.78 is 23.0. The summed E-state index contributed by atoms with van der Waals surface area (Å²) in [5.41, 5.74) is 4.94. The van der Waals surface area contributed by atoms with Crippen LogP contribution < -0.4 is 5.73 Å². The highest BCUT2D eigenvalue weighted by atomic mass is 32.2. The van der Waals surface area contributed by atoms with Crippen molar-refractivity contribution in [2.24, 2.45) is 5.73 Å². The predicted molar refractivity (Wildman–Crippen MR) is 30.1 cm³/mol. The van der Waals surface area contributed by atoms with Crippen molar-refractivity contribution in [1.82, 2.24) is 0 Å². The molecule has 0 aliphatic rings. The van der Waals surface area contributed by atoms with Crippen LogP contribution in [0, 0.1) is 0 Å². The van der Waals surface area contributed by atoms with E-state index in [0.29, 0.717) is 0 Å². The van der Waals surface area contributed by atoms with Crippen LogP contribution in [-0.2, 0) is 20.0 Å². The molecule has 9 heavy (non-hydrogen) atoms. The van der Waals surface area contributed by atoms with Crippen molar-refractivity contribution in [3.05, 3.63) is 0 Å². The van der Waals surface area contributed by atoms with E-state index in [1.807, 2.05) is 0 Å². The molecule has 54 valence electrons. The van der Waals surface area contributed by atoms with E-state index in [9.17, 15) is 13.2 Å². The Hall–Kier alpha value is -0.620. The number of carbonyl (C=O) groups excluding carboxylic acids is 1. The number of hydrogen-bond acceptors (Lipinski definition) is 5. The lowest BCUT2D eigenvalue weighted by molar-refractivity contribution is -0.134. The van der Waals surface area contributed by atoms with Gasteiger partial charge in [-0.3, -0.25) is 0 Å². The molecular weight excluding hydrogens is 146 g/mol. The largest absolute Gasteiger partial charge is 0.346 e. The minimum Gasteiger partial charge on any atom is -0.346 e. The molecule has 0 rings (SSSR count). The normalized spacial score (nSPS) is 13.2. The van der Waals surface area contributed by atoms with Crippen molar-refractivity contribution in [2.75, 3.05) is 0 Å². The van der Waals surface area contributed by atoms with Crippen molar-refractivity contribution >= 4 is 17.0 Å². The minimum atomic E-state index is -3.10. The SMILES string of the molecule is C[C@H](N)C(=O)O[SH](=O)=O. The molecule has 0 aliphatic heterocycles. The highest BCUT2D eigenvalue weighted by molar-refractivity contribution is 7.67. The van der Waals surface area contributed by atoms with Gasteiger partial charge in [0.25, 0.3) is 0 Å². The van der Waals surface area contributed by atoms with Crippen LogP contribution in [0.2, 0.25) is 0 Å². The molecule has 0 heterocycles. The molecule has 0 spiro atoms. The molecule has 0 fully saturated rings. The van der Waals surface area contributed by atoms with Crippen molar-refractivity contribution in [3.63, 3.8) is 0 Å². The van der Waals surface area contributed by atoms with E-state index in [4.69, 9.17) is 5.73 Å². The van der Waals surface area contributed by atoms with Crippen LogP contribution in [0.25, 0.3) is 0 Å². The summed E-state index contributed by atoms with van der Waals surface area (Å²) in [5, 5.41) is 0. The molecule has 0 amide bonds. The zero-order valence-corrected chi connectivity index (χ0v) is 5.63. The summed E-state index contributed by atoms with van der Waals surface area (Å²) >= 11 is 0. The summed E-state index contributed by atoms with van der Waals surface area (Å²) in [7, 11) is -3.10. The zero-order valence-electron chi connectivity index (χ0n) is 4.73. The zero-order chi connectivity index (χ0) is 7.44. The van der Waals surface area contributed by atoms with Crippen LogP contribution >= 0.6 is 0 Å². The molecule has 0 unspecified atom stereocenters. The summed E-state index contributed by atoms with van der Waals surface area (Å²) in [5.74, 6) is -0.939. The minimum absolute atomic E-state index is 0.891. The molecule has 0 saturated heterocycles. The van der Waals surface area contributed by atoms with Gasteiger partial charge in [-0.1, -0.05) is 0 Å². The van der Waals surface area contributed by atoms with Gasteiger partial charge in [-0.2, -0.15) is 8.42 Å². The summed E-state index contributed by atoms with van der Waals surface area (Å²) in [6.07, 6.45) is 0. The summed E-state index contributed by atoms with van der Waals surface area (Å²) in [4.78, 5) is 10.2. The maximum Gasteiger partial charge on any atom is 0.338 e. The number of hydrogen-bond donors (Lipinski definition) is 2. The van der Waals surface area contributed by atoms with Gasteiger partial charge in [0.15, 0.2) is 0 Å². The molecule has 0 saturated carbocycles. The van der Waals surface area contributed by atoms with Crippen LogP contribution in [0.15, 0.2) is 0 Å². The molecule has 0 aromatic heterocycles. The Morgan fingerprint density at radius 3 is 2.22 bits per heavy atom.